The molecule has 0 aromatic rings. The average Bonchev–Trinajstić information content (AvgIpc) is 1.84. The van der Waals surface area contributed by atoms with Crippen LogP contribution in [0.5, 0.6) is 0 Å². The van der Waals surface area contributed by atoms with Gasteiger partial charge in [0.1, 0.15) is 0 Å². The van der Waals surface area contributed by atoms with Gasteiger partial charge in [-0.1, -0.05) is 11.1 Å². The van der Waals surface area contributed by atoms with E-state index in [9.17, 15) is 0 Å². The van der Waals surface area contributed by atoms with Gasteiger partial charge in [-0.3, -0.25) is 0 Å². The van der Waals surface area contributed by atoms with Crippen LogP contribution < -0.4 is 11.5 Å². The van der Waals surface area contributed by atoms with Crippen molar-refractivity contribution in [2.45, 2.75) is 38.8 Å². The molecule has 58 valence electrons. The summed E-state index contributed by atoms with van der Waals surface area (Å²) >= 11 is 0. The van der Waals surface area contributed by atoms with Gasteiger partial charge in [0, 0.05) is 0 Å². The molecule has 4 N–H and O–H groups in total. The van der Waals surface area contributed by atoms with Gasteiger partial charge in [-0.2, -0.15) is 0 Å². The Hall–Kier alpha value is -0.340. The van der Waals surface area contributed by atoms with Gasteiger partial charge < -0.3 is 11.5 Å². The van der Waals surface area contributed by atoms with Crippen LogP contribution in [0.15, 0.2) is 11.1 Å². The van der Waals surface area contributed by atoms with Crippen LogP contribution in [0, 0.1) is 0 Å². The molecule has 0 amide bonds. The quantitative estimate of drug-likeness (QED) is 0.488. The fourth-order valence-corrected chi connectivity index (χ4v) is 1.50. The highest BCUT2D eigenvalue weighted by atomic mass is 15.0. The van der Waals surface area contributed by atoms with Gasteiger partial charge in [-0.05, 0) is 27.7 Å². The SMILES string of the molecule is CC1=C(C)C(C)(N)C1(C)N. The second-order valence-electron chi connectivity index (χ2n) is 3.65. The van der Waals surface area contributed by atoms with E-state index in [0.29, 0.717) is 0 Å². The topological polar surface area (TPSA) is 52.0 Å². The van der Waals surface area contributed by atoms with Crippen LogP contribution in [-0.4, -0.2) is 11.1 Å². The molecule has 2 nitrogen and oxygen atoms in total. The molecule has 1 aliphatic carbocycles. The van der Waals surface area contributed by atoms with Crippen LogP contribution in [0.3, 0.4) is 0 Å². The van der Waals surface area contributed by atoms with E-state index < -0.39 is 0 Å². The highest BCUT2D eigenvalue weighted by molar-refractivity contribution is 5.48. The first-order valence-corrected chi connectivity index (χ1v) is 3.58. The van der Waals surface area contributed by atoms with Crippen molar-refractivity contribution in [1.82, 2.24) is 0 Å². The molecule has 1 rings (SSSR count). The Kier molecular flexibility index (Phi) is 1.26. The van der Waals surface area contributed by atoms with Crippen molar-refractivity contribution in [3.63, 3.8) is 0 Å². The minimum absolute atomic E-state index is 0.295. The first-order chi connectivity index (χ1) is 4.32. The predicted molar refractivity (Wildman–Crippen MR) is 43.6 cm³/mol. The Morgan fingerprint density at radius 3 is 1.20 bits per heavy atom. The van der Waals surface area contributed by atoms with Gasteiger partial charge in [0.2, 0.25) is 0 Å². The standard InChI is InChI=1S/C8H16N2/c1-5-6(2)8(4,10)7(5,3)9/h9-10H2,1-4H3. The smallest absolute Gasteiger partial charge is 0.0559 e. The Balaban J connectivity index is 3.10. The number of hydrogen-bond acceptors (Lipinski definition) is 2. The lowest BCUT2D eigenvalue weighted by Crippen LogP contribution is -2.70. The molecule has 0 fully saturated rings. The molecular weight excluding hydrogens is 124 g/mol. The molecule has 2 atom stereocenters. The fraction of sp³-hybridized carbons (Fsp3) is 0.750. The van der Waals surface area contributed by atoms with Gasteiger partial charge in [-0.15, -0.1) is 0 Å². The third-order valence-corrected chi connectivity index (χ3v) is 3.20. The first-order valence-electron chi connectivity index (χ1n) is 3.58. The van der Waals surface area contributed by atoms with E-state index >= 15 is 0 Å². The van der Waals surface area contributed by atoms with Gasteiger partial charge in [0.25, 0.3) is 0 Å². The maximum Gasteiger partial charge on any atom is 0.0559 e. The molecule has 0 heterocycles. The van der Waals surface area contributed by atoms with Crippen LogP contribution in [-0.2, 0) is 0 Å². The largest absolute Gasteiger partial charge is 0.320 e. The molecule has 0 spiro atoms. The summed E-state index contributed by atoms with van der Waals surface area (Å²) in [6.45, 7) is 8.05. The van der Waals surface area contributed by atoms with Crippen LogP contribution in [0.2, 0.25) is 0 Å². The van der Waals surface area contributed by atoms with Gasteiger partial charge in [0.15, 0.2) is 0 Å². The highest BCUT2D eigenvalue weighted by Crippen LogP contribution is 2.42. The van der Waals surface area contributed by atoms with Crippen molar-refractivity contribution >= 4 is 0 Å². The minimum atomic E-state index is -0.295. The van der Waals surface area contributed by atoms with Crippen molar-refractivity contribution in [2.75, 3.05) is 0 Å². The van der Waals surface area contributed by atoms with Crippen LogP contribution in [0.25, 0.3) is 0 Å². The van der Waals surface area contributed by atoms with E-state index in [2.05, 4.69) is 0 Å². The zero-order valence-corrected chi connectivity index (χ0v) is 7.15. The van der Waals surface area contributed by atoms with Crippen molar-refractivity contribution in [3.05, 3.63) is 11.1 Å². The third kappa shape index (κ3) is 0.559. The molecule has 0 radical (unpaired) electrons. The Morgan fingerprint density at radius 1 is 0.900 bits per heavy atom. The molecule has 2 unspecified atom stereocenters. The van der Waals surface area contributed by atoms with E-state index in [4.69, 9.17) is 11.5 Å². The summed E-state index contributed by atoms with van der Waals surface area (Å²) in [7, 11) is 0. The molecule has 2 heteroatoms. The monoisotopic (exact) mass is 140 g/mol. The van der Waals surface area contributed by atoms with Gasteiger partial charge in [0.05, 0.1) is 11.1 Å². The molecule has 10 heavy (non-hydrogen) atoms. The lowest BCUT2D eigenvalue weighted by molar-refractivity contribution is 0.290. The van der Waals surface area contributed by atoms with Crippen LogP contribution in [0.4, 0.5) is 0 Å². The van der Waals surface area contributed by atoms with Crippen molar-refractivity contribution in [3.8, 4) is 0 Å². The summed E-state index contributed by atoms with van der Waals surface area (Å²) in [4.78, 5) is 0. The number of rotatable bonds is 0. The van der Waals surface area contributed by atoms with E-state index in [-0.39, 0.29) is 11.1 Å². The minimum Gasteiger partial charge on any atom is -0.320 e. The summed E-state index contributed by atoms with van der Waals surface area (Å²) in [5.41, 5.74) is 13.8. The highest BCUT2D eigenvalue weighted by Gasteiger charge is 2.50. The van der Waals surface area contributed by atoms with Crippen LogP contribution >= 0.6 is 0 Å². The molecule has 0 saturated carbocycles. The summed E-state index contributed by atoms with van der Waals surface area (Å²) < 4.78 is 0. The molecule has 0 aromatic carbocycles. The molecule has 1 aliphatic rings. The summed E-state index contributed by atoms with van der Waals surface area (Å²) in [5, 5.41) is 0. The fourth-order valence-electron chi connectivity index (χ4n) is 1.50. The maximum atomic E-state index is 5.95. The van der Waals surface area contributed by atoms with Gasteiger partial charge >= 0.3 is 0 Å². The molecular formula is C8H16N2. The summed E-state index contributed by atoms with van der Waals surface area (Å²) in [6, 6.07) is 0. The lowest BCUT2D eigenvalue weighted by atomic mass is 9.60. The maximum absolute atomic E-state index is 5.95. The third-order valence-electron chi connectivity index (χ3n) is 3.20. The Bertz CT molecular complexity index is 177. The molecule has 0 saturated heterocycles. The zero-order valence-electron chi connectivity index (χ0n) is 7.15. The van der Waals surface area contributed by atoms with E-state index in [0.717, 1.165) is 0 Å². The summed E-state index contributed by atoms with van der Waals surface area (Å²) in [5.74, 6) is 0. The Labute approximate surface area is 62.3 Å². The van der Waals surface area contributed by atoms with Crippen molar-refractivity contribution < 1.29 is 0 Å². The van der Waals surface area contributed by atoms with Crippen molar-refractivity contribution in [1.29, 1.82) is 0 Å². The molecule has 0 bridgehead atoms. The number of hydrogen-bond donors (Lipinski definition) is 2. The van der Waals surface area contributed by atoms with E-state index in [1.165, 1.54) is 11.1 Å². The lowest BCUT2D eigenvalue weighted by Gasteiger charge is -2.53. The second-order valence-corrected chi connectivity index (χ2v) is 3.65. The zero-order chi connectivity index (χ0) is 8.15. The number of nitrogens with two attached hydrogens (primary N) is 2. The predicted octanol–water partition coefficient (Wildman–Crippen LogP) is 0.771. The van der Waals surface area contributed by atoms with E-state index in [1.807, 2.05) is 27.7 Å². The average molecular weight is 140 g/mol. The molecule has 0 aliphatic heterocycles. The summed E-state index contributed by atoms with van der Waals surface area (Å²) in [6.07, 6.45) is 0. The van der Waals surface area contributed by atoms with Gasteiger partial charge in [-0.25, -0.2) is 0 Å². The second kappa shape index (κ2) is 1.63. The van der Waals surface area contributed by atoms with Crippen LogP contribution in [0.1, 0.15) is 27.7 Å². The van der Waals surface area contributed by atoms with Crippen molar-refractivity contribution in [2.24, 2.45) is 11.5 Å². The normalized spacial score (nSPS) is 47.4. The first kappa shape index (κ1) is 7.76. The van der Waals surface area contributed by atoms with E-state index in [1.54, 1.807) is 0 Å². The Morgan fingerprint density at radius 2 is 1.10 bits per heavy atom. The molecule has 0 aromatic heterocycles.